The lowest BCUT2D eigenvalue weighted by Gasteiger charge is -2.14. The second-order valence-electron chi connectivity index (χ2n) is 4.80. The molecule has 0 aromatic heterocycles. The predicted octanol–water partition coefficient (Wildman–Crippen LogP) is 2.68. The Morgan fingerprint density at radius 1 is 1.38 bits per heavy atom. The van der Waals surface area contributed by atoms with Crippen LogP contribution >= 0.6 is 0 Å². The van der Waals surface area contributed by atoms with Crippen molar-refractivity contribution in [2.45, 2.75) is 19.3 Å². The number of nitro groups is 1. The lowest BCUT2D eigenvalue weighted by atomic mass is 9.96. The van der Waals surface area contributed by atoms with Crippen LogP contribution in [0, 0.1) is 16.0 Å². The van der Waals surface area contributed by atoms with Crippen LogP contribution in [0.15, 0.2) is 36.4 Å². The minimum absolute atomic E-state index is 0.163. The van der Waals surface area contributed by atoms with Gasteiger partial charge in [0.05, 0.1) is 10.8 Å². The highest BCUT2D eigenvalue weighted by Crippen LogP contribution is 2.18. The number of hydrogen-bond acceptors (Lipinski definition) is 5. The molecule has 0 saturated carbocycles. The first-order valence-electron chi connectivity index (χ1n) is 6.69. The lowest BCUT2D eigenvalue weighted by molar-refractivity contribution is -0.384. The number of esters is 1. The SMILES string of the molecule is O=C(COC(=O)[C@@H]1C=CCCC1)c1cccc([N+](=O)[O-])c1. The maximum Gasteiger partial charge on any atom is 0.313 e. The molecule has 0 amide bonds. The molecule has 0 saturated heterocycles. The molecule has 0 unspecified atom stereocenters. The summed E-state index contributed by atoms with van der Waals surface area (Å²) >= 11 is 0. The van der Waals surface area contributed by atoms with Gasteiger partial charge in [0, 0.05) is 17.7 Å². The molecule has 1 aliphatic rings. The Labute approximate surface area is 121 Å². The maximum atomic E-state index is 11.9. The van der Waals surface area contributed by atoms with Crippen LogP contribution in [0.2, 0.25) is 0 Å². The smallest absolute Gasteiger partial charge is 0.313 e. The van der Waals surface area contributed by atoms with E-state index in [1.807, 2.05) is 6.08 Å². The van der Waals surface area contributed by atoms with E-state index in [4.69, 9.17) is 4.74 Å². The molecule has 110 valence electrons. The Bertz CT molecular complexity index is 593. The number of benzene rings is 1. The second-order valence-corrected chi connectivity index (χ2v) is 4.80. The Hall–Kier alpha value is -2.50. The third-order valence-corrected chi connectivity index (χ3v) is 3.28. The summed E-state index contributed by atoms with van der Waals surface area (Å²) in [5.74, 6) is -1.17. The number of carbonyl (C=O) groups excluding carboxylic acids is 2. The van der Waals surface area contributed by atoms with Crippen molar-refractivity contribution in [1.82, 2.24) is 0 Å². The number of Topliss-reactive ketones (excluding diaryl/α,β-unsaturated/α-hetero) is 1. The van der Waals surface area contributed by atoms with Crippen LogP contribution in [0.5, 0.6) is 0 Å². The van der Waals surface area contributed by atoms with Crippen molar-refractivity contribution in [3.05, 3.63) is 52.1 Å². The fraction of sp³-hybridized carbons (Fsp3) is 0.333. The normalized spacial score (nSPS) is 17.2. The minimum Gasteiger partial charge on any atom is -0.457 e. The van der Waals surface area contributed by atoms with E-state index in [-0.39, 0.29) is 17.2 Å². The Morgan fingerprint density at radius 2 is 2.19 bits per heavy atom. The summed E-state index contributed by atoms with van der Waals surface area (Å²) in [5, 5.41) is 10.6. The van der Waals surface area contributed by atoms with E-state index < -0.39 is 23.3 Å². The van der Waals surface area contributed by atoms with Gasteiger partial charge in [0.25, 0.3) is 5.69 Å². The standard InChI is InChI=1S/C15H15NO5/c17-14(12-7-4-8-13(9-12)16(19)20)10-21-15(18)11-5-2-1-3-6-11/h2,4-5,7-9,11H,1,3,6,10H2/t11-/m1/s1. The Kier molecular flexibility index (Phi) is 4.81. The molecular weight excluding hydrogens is 274 g/mol. The summed E-state index contributed by atoms with van der Waals surface area (Å²) in [4.78, 5) is 33.7. The highest BCUT2D eigenvalue weighted by Gasteiger charge is 2.20. The number of allylic oxidation sites excluding steroid dienone is 1. The predicted molar refractivity (Wildman–Crippen MR) is 74.9 cm³/mol. The van der Waals surface area contributed by atoms with Gasteiger partial charge in [-0.25, -0.2) is 0 Å². The molecule has 0 aliphatic heterocycles. The van der Waals surface area contributed by atoms with Crippen molar-refractivity contribution in [3.8, 4) is 0 Å². The molecule has 0 fully saturated rings. The van der Waals surface area contributed by atoms with Crippen LogP contribution in [0.1, 0.15) is 29.6 Å². The van der Waals surface area contributed by atoms with E-state index >= 15 is 0 Å². The summed E-state index contributed by atoms with van der Waals surface area (Å²) in [7, 11) is 0. The number of ether oxygens (including phenoxy) is 1. The zero-order valence-corrected chi connectivity index (χ0v) is 11.4. The molecule has 21 heavy (non-hydrogen) atoms. The molecule has 2 rings (SSSR count). The maximum absolute atomic E-state index is 11.9. The molecule has 1 aromatic carbocycles. The second kappa shape index (κ2) is 6.78. The minimum atomic E-state index is -0.574. The first-order valence-corrected chi connectivity index (χ1v) is 6.69. The Balaban J connectivity index is 1.94. The van der Waals surface area contributed by atoms with Gasteiger partial charge in [-0.05, 0) is 19.3 Å². The summed E-state index contributed by atoms with van der Waals surface area (Å²) in [6.45, 7) is -0.398. The third-order valence-electron chi connectivity index (χ3n) is 3.28. The lowest BCUT2D eigenvalue weighted by Crippen LogP contribution is -2.21. The van der Waals surface area contributed by atoms with Crippen molar-refractivity contribution in [3.63, 3.8) is 0 Å². The largest absolute Gasteiger partial charge is 0.457 e. The van der Waals surface area contributed by atoms with Crippen molar-refractivity contribution in [2.24, 2.45) is 5.92 Å². The highest BCUT2D eigenvalue weighted by atomic mass is 16.6. The zero-order chi connectivity index (χ0) is 15.2. The number of nitrogens with zero attached hydrogens (tertiary/aromatic N) is 1. The van der Waals surface area contributed by atoms with Crippen LogP contribution in [0.3, 0.4) is 0 Å². The van der Waals surface area contributed by atoms with E-state index in [9.17, 15) is 19.7 Å². The highest BCUT2D eigenvalue weighted by molar-refractivity contribution is 5.98. The summed E-state index contributed by atoms with van der Waals surface area (Å²) in [6.07, 6.45) is 6.33. The van der Waals surface area contributed by atoms with Crippen molar-refractivity contribution >= 4 is 17.4 Å². The number of ketones is 1. The van der Waals surface area contributed by atoms with Gasteiger partial charge >= 0.3 is 5.97 Å². The molecule has 0 heterocycles. The fourth-order valence-electron chi connectivity index (χ4n) is 2.13. The molecule has 1 aliphatic carbocycles. The molecular formula is C15H15NO5. The number of rotatable bonds is 5. The van der Waals surface area contributed by atoms with Gasteiger partial charge in [0.15, 0.2) is 6.61 Å². The van der Waals surface area contributed by atoms with Gasteiger partial charge in [0.2, 0.25) is 5.78 Å². The molecule has 6 heteroatoms. The van der Waals surface area contributed by atoms with Crippen molar-refractivity contribution < 1.29 is 19.2 Å². The van der Waals surface area contributed by atoms with Crippen LogP contribution in [0.4, 0.5) is 5.69 Å². The van der Waals surface area contributed by atoms with Crippen LogP contribution < -0.4 is 0 Å². The molecule has 6 nitrogen and oxygen atoms in total. The van der Waals surface area contributed by atoms with Crippen molar-refractivity contribution in [1.29, 1.82) is 0 Å². The number of hydrogen-bond donors (Lipinski definition) is 0. The number of non-ortho nitro benzene ring substituents is 1. The quantitative estimate of drug-likeness (QED) is 0.273. The number of carbonyl (C=O) groups is 2. The molecule has 1 aromatic rings. The number of nitro benzene ring substituents is 1. The van der Waals surface area contributed by atoms with Gasteiger partial charge in [-0.15, -0.1) is 0 Å². The molecule has 1 atom stereocenters. The first kappa shape index (κ1) is 14.9. The molecule has 0 N–H and O–H groups in total. The van der Waals surface area contributed by atoms with Gasteiger partial charge < -0.3 is 4.74 Å². The van der Waals surface area contributed by atoms with Gasteiger partial charge in [0.1, 0.15) is 0 Å². The fourth-order valence-corrected chi connectivity index (χ4v) is 2.13. The molecule has 0 spiro atoms. The first-order chi connectivity index (χ1) is 10.1. The van der Waals surface area contributed by atoms with Crippen molar-refractivity contribution in [2.75, 3.05) is 6.61 Å². The van der Waals surface area contributed by atoms with E-state index in [0.29, 0.717) is 0 Å². The van der Waals surface area contributed by atoms with E-state index in [0.717, 1.165) is 19.3 Å². The average Bonchev–Trinajstić information content (AvgIpc) is 2.53. The molecule has 0 radical (unpaired) electrons. The van der Waals surface area contributed by atoms with Crippen LogP contribution in [0.25, 0.3) is 0 Å². The van der Waals surface area contributed by atoms with Crippen LogP contribution in [-0.4, -0.2) is 23.3 Å². The van der Waals surface area contributed by atoms with Gasteiger partial charge in [-0.1, -0.05) is 24.3 Å². The topological polar surface area (TPSA) is 86.5 Å². The summed E-state index contributed by atoms with van der Waals surface area (Å²) in [5.41, 5.74) is -0.00132. The third kappa shape index (κ3) is 3.98. The van der Waals surface area contributed by atoms with E-state index in [1.54, 1.807) is 6.08 Å². The van der Waals surface area contributed by atoms with Gasteiger partial charge in [-0.2, -0.15) is 0 Å². The summed E-state index contributed by atoms with van der Waals surface area (Å²) in [6, 6.07) is 5.37. The van der Waals surface area contributed by atoms with E-state index in [2.05, 4.69) is 0 Å². The molecule has 0 bridgehead atoms. The van der Waals surface area contributed by atoms with Crippen LogP contribution in [-0.2, 0) is 9.53 Å². The monoisotopic (exact) mass is 289 g/mol. The Morgan fingerprint density at radius 3 is 2.86 bits per heavy atom. The zero-order valence-electron chi connectivity index (χ0n) is 11.4. The summed E-state index contributed by atoms with van der Waals surface area (Å²) < 4.78 is 4.99. The van der Waals surface area contributed by atoms with Gasteiger partial charge in [-0.3, -0.25) is 19.7 Å². The average molecular weight is 289 g/mol. The van der Waals surface area contributed by atoms with E-state index in [1.165, 1.54) is 24.3 Å².